The lowest BCUT2D eigenvalue weighted by Crippen LogP contribution is -2.04. The van der Waals surface area contributed by atoms with Crippen molar-refractivity contribution in [3.63, 3.8) is 0 Å². The molecular weight excluding hydrogens is 302 g/mol. The van der Waals surface area contributed by atoms with Crippen molar-refractivity contribution in [3.05, 3.63) is 54.1 Å². The van der Waals surface area contributed by atoms with Crippen LogP contribution in [0.3, 0.4) is 0 Å². The Morgan fingerprint density at radius 2 is 2.04 bits per heavy atom. The summed E-state index contributed by atoms with van der Waals surface area (Å²) in [6.07, 6.45) is 0.380. The van der Waals surface area contributed by atoms with Gasteiger partial charge in [0.15, 0.2) is 0 Å². The monoisotopic (exact) mass is 319 g/mol. The van der Waals surface area contributed by atoms with Crippen molar-refractivity contribution < 1.29 is 9.53 Å². The first-order valence-corrected chi connectivity index (χ1v) is 7.84. The molecule has 0 aliphatic heterocycles. The van der Waals surface area contributed by atoms with Crippen LogP contribution in [-0.2, 0) is 11.3 Å². The maximum atomic E-state index is 12.0. The van der Waals surface area contributed by atoms with E-state index < -0.39 is 0 Å². The summed E-state index contributed by atoms with van der Waals surface area (Å²) in [5, 5.41) is 14.4. The van der Waals surface area contributed by atoms with E-state index in [9.17, 15) is 4.79 Å². The third-order valence-corrected chi connectivity index (χ3v) is 3.74. The van der Waals surface area contributed by atoms with Crippen LogP contribution in [0.4, 0.5) is 0 Å². The molecule has 5 heteroatoms. The van der Waals surface area contributed by atoms with E-state index in [2.05, 4.69) is 11.2 Å². The van der Waals surface area contributed by atoms with Gasteiger partial charge >= 0.3 is 5.97 Å². The summed E-state index contributed by atoms with van der Waals surface area (Å²) >= 11 is 0. The molecule has 1 aromatic heterocycles. The van der Waals surface area contributed by atoms with Crippen molar-refractivity contribution in [3.8, 4) is 17.3 Å². The first-order valence-electron chi connectivity index (χ1n) is 7.84. The molecule has 1 heterocycles. The topological polar surface area (TPSA) is 67.9 Å². The third-order valence-electron chi connectivity index (χ3n) is 3.74. The largest absolute Gasteiger partial charge is 0.462 e. The Morgan fingerprint density at radius 1 is 1.25 bits per heavy atom. The molecule has 0 amide bonds. The molecule has 0 bridgehead atoms. The van der Waals surface area contributed by atoms with Gasteiger partial charge in [-0.3, -0.25) is 4.68 Å². The molecule has 5 nitrogen and oxygen atoms in total. The smallest absolute Gasteiger partial charge is 0.338 e. The second-order valence-corrected chi connectivity index (χ2v) is 5.30. The van der Waals surface area contributed by atoms with Crippen molar-refractivity contribution in [2.75, 3.05) is 6.61 Å². The van der Waals surface area contributed by atoms with Crippen molar-refractivity contribution in [2.45, 2.75) is 19.9 Å². The lowest BCUT2D eigenvalue weighted by Gasteiger charge is -2.03. The Balaban J connectivity index is 2.16. The fourth-order valence-electron chi connectivity index (χ4n) is 2.66. The zero-order valence-corrected chi connectivity index (χ0v) is 13.4. The minimum absolute atomic E-state index is 0.337. The molecule has 0 radical (unpaired) electrons. The van der Waals surface area contributed by atoms with Crippen molar-refractivity contribution in [1.82, 2.24) is 9.78 Å². The Bertz CT molecular complexity index is 908. The summed E-state index contributed by atoms with van der Waals surface area (Å²) in [6, 6.07) is 17.4. The summed E-state index contributed by atoms with van der Waals surface area (Å²) in [5.74, 6) is -0.344. The molecule has 0 unspecified atom stereocenters. The first kappa shape index (κ1) is 15.8. The number of benzene rings is 2. The maximum absolute atomic E-state index is 12.0. The molecule has 0 saturated heterocycles. The number of ether oxygens (including phenoxy) is 1. The molecule has 0 aliphatic carbocycles. The van der Waals surface area contributed by atoms with Crippen LogP contribution in [0.2, 0.25) is 0 Å². The SMILES string of the molecule is CCOC(=O)c1ccc2c(c1)c(-c1ccccc1)nn2CCC#N. The highest BCUT2D eigenvalue weighted by Crippen LogP contribution is 2.29. The molecular formula is C19H17N3O2. The first-order chi connectivity index (χ1) is 11.7. The van der Waals surface area contributed by atoms with Crippen LogP contribution in [-0.4, -0.2) is 22.4 Å². The third kappa shape index (κ3) is 2.99. The summed E-state index contributed by atoms with van der Waals surface area (Å²) in [7, 11) is 0. The second-order valence-electron chi connectivity index (χ2n) is 5.30. The van der Waals surface area contributed by atoms with Crippen LogP contribution in [0, 0.1) is 11.3 Å². The number of hydrogen-bond donors (Lipinski definition) is 0. The summed E-state index contributed by atoms with van der Waals surface area (Å²) in [5.41, 5.74) is 3.17. The van der Waals surface area contributed by atoms with Gasteiger partial charge in [0.25, 0.3) is 0 Å². The van der Waals surface area contributed by atoms with E-state index in [0.717, 1.165) is 22.2 Å². The number of hydrogen-bond acceptors (Lipinski definition) is 4. The molecule has 0 fully saturated rings. The minimum Gasteiger partial charge on any atom is -0.462 e. The number of nitrogens with zero attached hydrogens (tertiary/aromatic N) is 3. The summed E-state index contributed by atoms with van der Waals surface area (Å²) in [4.78, 5) is 12.0. The van der Waals surface area contributed by atoms with Gasteiger partial charge in [0.05, 0.1) is 36.7 Å². The minimum atomic E-state index is -0.344. The van der Waals surface area contributed by atoms with Crippen molar-refractivity contribution in [2.24, 2.45) is 0 Å². The molecule has 3 aromatic rings. The maximum Gasteiger partial charge on any atom is 0.338 e. The zero-order chi connectivity index (χ0) is 16.9. The average molecular weight is 319 g/mol. The molecule has 0 spiro atoms. The number of nitriles is 1. The highest BCUT2D eigenvalue weighted by Gasteiger charge is 2.15. The van der Waals surface area contributed by atoms with E-state index in [1.807, 2.05) is 47.1 Å². The van der Waals surface area contributed by atoms with E-state index in [4.69, 9.17) is 10.00 Å². The standard InChI is InChI=1S/C19H17N3O2/c1-2-24-19(23)15-9-10-17-16(13-15)18(14-7-4-3-5-8-14)21-22(17)12-6-11-20/h3-5,7-10,13H,2,6,12H2,1H3. The highest BCUT2D eigenvalue weighted by atomic mass is 16.5. The molecule has 0 atom stereocenters. The predicted molar refractivity (Wildman–Crippen MR) is 91.4 cm³/mol. The van der Waals surface area contributed by atoms with E-state index in [-0.39, 0.29) is 5.97 Å². The Labute approximate surface area is 140 Å². The van der Waals surface area contributed by atoms with E-state index in [1.54, 1.807) is 13.0 Å². The molecule has 120 valence electrons. The highest BCUT2D eigenvalue weighted by molar-refractivity contribution is 5.99. The molecule has 0 saturated carbocycles. The van der Waals surface area contributed by atoms with Gasteiger partial charge in [0, 0.05) is 10.9 Å². The van der Waals surface area contributed by atoms with E-state index in [1.165, 1.54) is 0 Å². The Hall–Kier alpha value is -3.13. The number of rotatable bonds is 5. The lowest BCUT2D eigenvalue weighted by molar-refractivity contribution is 0.0526. The zero-order valence-electron chi connectivity index (χ0n) is 13.4. The number of aromatic nitrogens is 2. The fourth-order valence-corrected chi connectivity index (χ4v) is 2.66. The normalized spacial score (nSPS) is 10.5. The van der Waals surface area contributed by atoms with Crippen LogP contribution in [0.25, 0.3) is 22.2 Å². The van der Waals surface area contributed by atoms with Gasteiger partial charge in [-0.2, -0.15) is 10.4 Å². The Kier molecular flexibility index (Phi) is 4.57. The van der Waals surface area contributed by atoms with Gasteiger partial charge in [-0.1, -0.05) is 30.3 Å². The number of aryl methyl sites for hydroxylation is 1. The van der Waals surface area contributed by atoms with Gasteiger partial charge in [-0.05, 0) is 25.1 Å². The van der Waals surface area contributed by atoms with Gasteiger partial charge in [-0.15, -0.1) is 0 Å². The Morgan fingerprint density at radius 3 is 2.75 bits per heavy atom. The van der Waals surface area contributed by atoms with E-state index in [0.29, 0.717) is 25.1 Å². The van der Waals surface area contributed by atoms with Gasteiger partial charge in [0.1, 0.15) is 5.69 Å². The van der Waals surface area contributed by atoms with Gasteiger partial charge in [-0.25, -0.2) is 4.79 Å². The molecule has 2 aromatic carbocycles. The fraction of sp³-hybridized carbons (Fsp3) is 0.211. The van der Waals surface area contributed by atoms with Crippen LogP contribution < -0.4 is 0 Å². The van der Waals surface area contributed by atoms with E-state index >= 15 is 0 Å². The van der Waals surface area contributed by atoms with Crippen LogP contribution in [0.1, 0.15) is 23.7 Å². The molecule has 24 heavy (non-hydrogen) atoms. The quantitative estimate of drug-likeness (QED) is 0.671. The molecule has 0 N–H and O–H groups in total. The summed E-state index contributed by atoms with van der Waals surface area (Å²) < 4.78 is 6.90. The number of carbonyl (C=O) groups is 1. The molecule has 3 rings (SSSR count). The number of carbonyl (C=O) groups excluding carboxylic acids is 1. The summed E-state index contributed by atoms with van der Waals surface area (Å²) in [6.45, 7) is 2.63. The van der Waals surface area contributed by atoms with Crippen LogP contribution >= 0.6 is 0 Å². The second kappa shape index (κ2) is 6.97. The number of fused-ring (bicyclic) bond motifs is 1. The van der Waals surface area contributed by atoms with Crippen LogP contribution in [0.5, 0.6) is 0 Å². The lowest BCUT2D eigenvalue weighted by atomic mass is 10.1. The van der Waals surface area contributed by atoms with Crippen molar-refractivity contribution >= 4 is 16.9 Å². The number of esters is 1. The van der Waals surface area contributed by atoms with Crippen LogP contribution in [0.15, 0.2) is 48.5 Å². The average Bonchev–Trinajstić information content (AvgIpc) is 2.99. The predicted octanol–water partition coefficient (Wildman–Crippen LogP) is 3.79. The molecule has 0 aliphatic rings. The van der Waals surface area contributed by atoms with Gasteiger partial charge < -0.3 is 4.74 Å². The van der Waals surface area contributed by atoms with Gasteiger partial charge in [0.2, 0.25) is 0 Å². The van der Waals surface area contributed by atoms with Crippen molar-refractivity contribution in [1.29, 1.82) is 5.26 Å².